The van der Waals surface area contributed by atoms with Crippen LogP contribution in [0.2, 0.25) is 0 Å². The number of Topliss-reactive ketones (excluding diaryl/α,β-unsaturated/α-hetero) is 2. The van der Waals surface area contributed by atoms with E-state index in [0.29, 0.717) is 17.9 Å². The monoisotopic (exact) mass is 492 g/mol. The Hall–Kier alpha value is -2.63. The van der Waals surface area contributed by atoms with Crippen molar-refractivity contribution in [2.75, 3.05) is 28.4 Å². The van der Waals surface area contributed by atoms with Crippen molar-refractivity contribution in [2.24, 2.45) is 11.3 Å². The summed E-state index contributed by atoms with van der Waals surface area (Å²) in [6.07, 6.45) is 0.402. The average molecular weight is 493 g/mol. The van der Waals surface area contributed by atoms with Crippen LogP contribution in [0.5, 0.6) is 23.0 Å². The van der Waals surface area contributed by atoms with E-state index in [1.165, 1.54) is 40.6 Å². The third-order valence-corrected chi connectivity index (χ3v) is 5.63. The molecule has 7 nitrogen and oxygen atoms in total. The molecular weight excluding hydrogens is 455 g/mol. The van der Waals surface area contributed by atoms with E-state index in [2.05, 4.69) is 0 Å². The van der Waals surface area contributed by atoms with E-state index in [1.54, 1.807) is 31.2 Å². The minimum absolute atomic E-state index is 0. The summed E-state index contributed by atoms with van der Waals surface area (Å²) in [5, 5.41) is 12.0. The summed E-state index contributed by atoms with van der Waals surface area (Å²) in [5.74, 6) is -1.02. The first kappa shape index (κ1) is 29.4. The number of ether oxygens (including phenoxy) is 4. The van der Waals surface area contributed by atoms with Crippen molar-refractivity contribution in [3.8, 4) is 23.0 Å². The fourth-order valence-electron chi connectivity index (χ4n) is 4.01. The SMILES string of the molecule is COc1ccc(OC)c(C(=O)C(O)(C(=O)c2cc(OC)ccc2OC)C(C)CC(C)(C)C)c1.P. The van der Waals surface area contributed by atoms with E-state index >= 15 is 0 Å². The molecule has 2 atom stereocenters. The zero-order valence-electron chi connectivity index (χ0n) is 21.4. The van der Waals surface area contributed by atoms with Gasteiger partial charge in [0.2, 0.25) is 11.6 Å². The Bertz CT molecular complexity index is 943. The molecule has 0 saturated carbocycles. The summed E-state index contributed by atoms with van der Waals surface area (Å²) in [5.41, 5.74) is -2.55. The van der Waals surface area contributed by atoms with Crippen molar-refractivity contribution in [2.45, 2.75) is 39.7 Å². The quantitative estimate of drug-likeness (QED) is 0.293. The summed E-state index contributed by atoms with van der Waals surface area (Å²) in [7, 11) is 5.78. The van der Waals surface area contributed by atoms with Crippen LogP contribution in [-0.2, 0) is 0 Å². The Kier molecular flexibility index (Phi) is 10.1. The van der Waals surface area contributed by atoms with E-state index < -0.39 is 23.1 Å². The van der Waals surface area contributed by atoms with E-state index in [9.17, 15) is 14.7 Å². The normalized spacial score (nSPS) is 12.3. The van der Waals surface area contributed by atoms with Crippen molar-refractivity contribution in [1.29, 1.82) is 0 Å². The van der Waals surface area contributed by atoms with Crippen molar-refractivity contribution < 1.29 is 33.6 Å². The van der Waals surface area contributed by atoms with E-state index in [1.807, 2.05) is 20.8 Å². The highest BCUT2D eigenvalue weighted by Crippen LogP contribution is 2.39. The molecule has 34 heavy (non-hydrogen) atoms. The number of carbonyl (C=O) groups excluding carboxylic acids is 2. The topological polar surface area (TPSA) is 91.3 Å². The van der Waals surface area contributed by atoms with Gasteiger partial charge in [-0.1, -0.05) is 27.7 Å². The van der Waals surface area contributed by atoms with Gasteiger partial charge < -0.3 is 24.1 Å². The molecule has 0 aliphatic carbocycles. The minimum atomic E-state index is -2.40. The second kappa shape index (κ2) is 11.7. The Labute approximate surface area is 205 Å². The summed E-state index contributed by atoms with van der Waals surface area (Å²) < 4.78 is 21.2. The van der Waals surface area contributed by atoms with Crippen LogP contribution in [0.15, 0.2) is 36.4 Å². The lowest BCUT2D eigenvalue weighted by atomic mass is 9.70. The van der Waals surface area contributed by atoms with Gasteiger partial charge in [-0.2, -0.15) is 9.90 Å². The van der Waals surface area contributed by atoms with Gasteiger partial charge in [0.15, 0.2) is 5.60 Å². The number of rotatable bonds is 10. The molecule has 188 valence electrons. The predicted molar refractivity (Wildman–Crippen MR) is 137 cm³/mol. The maximum absolute atomic E-state index is 13.9. The number of ketones is 2. The molecule has 8 heteroatoms. The maximum atomic E-state index is 13.9. The van der Waals surface area contributed by atoms with Gasteiger partial charge in [0.05, 0.1) is 39.6 Å². The third kappa shape index (κ3) is 6.08. The van der Waals surface area contributed by atoms with E-state index in [0.717, 1.165) is 0 Å². The molecule has 2 aromatic rings. The highest BCUT2D eigenvalue weighted by molar-refractivity contribution is 6.92. The Balaban J connectivity index is 0.00000578. The van der Waals surface area contributed by atoms with E-state index in [-0.39, 0.29) is 37.9 Å². The Morgan fingerprint density at radius 1 is 0.794 bits per heavy atom. The van der Waals surface area contributed by atoms with Crippen LogP contribution >= 0.6 is 9.90 Å². The number of hydrogen-bond donors (Lipinski definition) is 1. The van der Waals surface area contributed by atoms with Crippen LogP contribution in [0.4, 0.5) is 0 Å². The standard InChI is InChI=1S/C26H34O7.H3P/c1-16(15-25(2,3)4)26(29,23(27)19-13-17(30-5)9-11-21(19)32-7)24(28)20-14-18(31-6)10-12-22(20)33-8;/h9-14,16,29H,15H2,1-8H3;1H3. The Morgan fingerprint density at radius 2 is 1.18 bits per heavy atom. The lowest BCUT2D eigenvalue weighted by Crippen LogP contribution is -2.53. The van der Waals surface area contributed by atoms with Crippen molar-refractivity contribution in [3.63, 3.8) is 0 Å². The van der Waals surface area contributed by atoms with Crippen LogP contribution < -0.4 is 18.9 Å². The van der Waals surface area contributed by atoms with Gasteiger partial charge in [-0.05, 0) is 48.2 Å². The maximum Gasteiger partial charge on any atom is 0.206 e. The summed E-state index contributed by atoms with van der Waals surface area (Å²) in [6.45, 7) is 7.64. The van der Waals surface area contributed by atoms with Crippen molar-refractivity contribution in [3.05, 3.63) is 47.5 Å². The van der Waals surface area contributed by atoms with Crippen molar-refractivity contribution in [1.82, 2.24) is 0 Å². The predicted octanol–water partition coefficient (Wildman–Crippen LogP) is 4.65. The highest BCUT2D eigenvalue weighted by atomic mass is 31.0. The van der Waals surface area contributed by atoms with Gasteiger partial charge in [-0.3, -0.25) is 9.59 Å². The third-order valence-electron chi connectivity index (χ3n) is 5.63. The molecule has 2 rings (SSSR count). The minimum Gasteiger partial charge on any atom is -0.497 e. The first-order valence-corrected chi connectivity index (χ1v) is 10.7. The fourth-order valence-corrected chi connectivity index (χ4v) is 4.01. The summed E-state index contributed by atoms with van der Waals surface area (Å²) in [6, 6.07) is 9.34. The smallest absolute Gasteiger partial charge is 0.206 e. The van der Waals surface area contributed by atoms with Gasteiger partial charge in [-0.15, -0.1) is 0 Å². The molecule has 0 bridgehead atoms. The molecule has 2 aromatic carbocycles. The van der Waals surface area contributed by atoms with Gasteiger partial charge in [0.25, 0.3) is 0 Å². The van der Waals surface area contributed by atoms with Gasteiger partial charge in [0, 0.05) is 5.92 Å². The molecule has 0 aromatic heterocycles. The average Bonchev–Trinajstić information content (AvgIpc) is 2.80. The van der Waals surface area contributed by atoms with Gasteiger partial charge in [-0.25, -0.2) is 0 Å². The molecule has 0 aliphatic rings. The molecule has 0 radical (unpaired) electrons. The molecule has 2 unspecified atom stereocenters. The molecule has 0 amide bonds. The first-order chi connectivity index (χ1) is 15.4. The molecule has 0 fully saturated rings. The Morgan fingerprint density at radius 3 is 1.47 bits per heavy atom. The van der Waals surface area contributed by atoms with Crippen molar-refractivity contribution >= 4 is 21.5 Å². The molecule has 0 saturated heterocycles. The van der Waals surface area contributed by atoms with Gasteiger partial charge >= 0.3 is 0 Å². The summed E-state index contributed by atoms with van der Waals surface area (Å²) in [4.78, 5) is 27.9. The number of benzene rings is 2. The number of hydrogen-bond acceptors (Lipinski definition) is 7. The largest absolute Gasteiger partial charge is 0.497 e. The van der Waals surface area contributed by atoms with E-state index in [4.69, 9.17) is 18.9 Å². The van der Waals surface area contributed by atoms with Crippen LogP contribution in [0.25, 0.3) is 0 Å². The lowest BCUT2D eigenvalue weighted by Gasteiger charge is -2.35. The zero-order valence-corrected chi connectivity index (χ0v) is 22.8. The summed E-state index contributed by atoms with van der Waals surface area (Å²) >= 11 is 0. The fraction of sp³-hybridized carbons (Fsp3) is 0.462. The molecule has 0 heterocycles. The molecule has 1 N–H and O–H groups in total. The van der Waals surface area contributed by atoms with Crippen LogP contribution in [-0.4, -0.2) is 50.7 Å². The van der Waals surface area contributed by atoms with Crippen LogP contribution in [0.3, 0.4) is 0 Å². The number of carbonyl (C=O) groups is 2. The first-order valence-electron chi connectivity index (χ1n) is 10.7. The second-order valence-electron chi connectivity index (χ2n) is 9.22. The van der Waals surface area contributed by atoms with Gasteiger partial charge in [0.1, 0.15) is 23.0 Å². The van der Waals surface area contributed by atoms with Crippen LogP contribution in [0, 0.1) is 11.3 Å². The molecule has 0 aliphatic heterocycles. The zero-order chi connectivity index (χ0) is 25.0. The van der Waals surface area contributed by atoms with Crippen LogP contribution in [0.1, 0.15) is 54.8 Å². The molecule has 0 spiro atoms. The number of aliphatic hydroxyl groups is 1. The number of methoxy groups -OCH3 is 4. The molecular formula is C26H37O7P. The lowest BCUT2D eigenvalue weighted by molar-refractivity contribution is 0.000333. The highest BCUT2D eigenvalue weighted by Gasteiger charge is 2.51. The second-order valence-corrected chi connectivity index (χ2v) is 9.22.